The molecule has 0 aromatic carbocycles. The maximum absolute atomic E-state index is 4.76. The predicted octanol–water partition coefficient (Wildman–Crippen LogP) is 2.31. The quantitative estimate of drug-likeness (QED) is 0.738. The van der Waals surface area contributed by atoms with Gasteiger partial charge in [-0.2, -0.15) is 5.10 Å². The van der Waals surface area contributed by atoms with Crippen LogP contribution in [0.3, 0.4) is 0 Å². The third-order valence-electron chi connectivity index (χ3n) is 4.37. The monoisotopic (exact) mass is 320 g/mol. The molecule has 0 N–H and O–H groups in total. The van der Waals surface area contributed by atoms with Gasteiger partial charge >= 0.3 is 0 Å². The lowest BCUT2D eigenvalue weighted by Gasteiger charge is -2.27. The lowest BCUT2D eigenvalue weighted by atomic mass is 10.1. The lowest BCUT2D eigenvalue weighted by Crippen LogP contribution is -2.30. The molecular formula is C18H20N6. The highest BCUT2D eigenvalue weighted by molar-refractivity contribution is 5.54. The summed E-state index contributed by atoms with van der Waals surface area (Å²) in [6.07, 6.45) is 10.6. The highest BCUT2D eigenvalue weighted by Gasteiger charge is 2.19. The molecule has 3 aromatic heterocycles. The van der Waals surface area contributed by atoms with Gasteiger partial charge in [-0.25, -0.2) is 9.97 Å². The van der Waals surface area contributed by atoms with E-state index in [4.69, 9.17) is 4.98 Å². The lowest BCUT2D eigenvalue weighted by molar-refractivity contribution is 0.243. The van der Waals surface area contributed by atoms with Crippen LogP contribution in [0.1, 0.15) is 23.7 Å². The van der Waals surface area contributed by atoms with Gasteiger partial charge in [0.2, 0.25) is 0 Å². The number of fused-ring (bicyclic) bond motifs is 1. The normalized spacial score (nSPS) is 14.5. The molecule has 6 heteroatoms. The molecule has 0 fully saturated rings. The van der Waals surface area contributed by atoms with Crippen LogP contribution in [0, 0.1) is 0 Å². The van der Waals surface area contributed by atoms with Gasteiger partial charge in [-0.3, -0.25) is 14.6 Å². The topological polar surface area (TPSA) is 59.7 Å². The van der Waals surface area contributed by atoms with E-state index in [9.17, 15) is 0 Å². The second kappa shape index (κ2) is 6.49. The van der Waals surface area contributed by atoms with Crippen molar-refractivity contribution in [1.29, 1.82) is 0 Å². The summed E-state index contributed by atoms with van der Waals surface area (Å²) in [5.41, 5.74) is 4.66. The smallest absolute Gasteiger partial charge is 0.159 e. The molecule has 0 radical (unpaired) electrons. The Balaban J connectivity index is 1.49. The largest absolute Gasteiger partial charge is 0.294 e. The Hall–Kier alpha value is -2.60. The summed E-state index contributed by atoms with van der Waals surface area (Å²) in [7, 11) is 0. The Bertz CT molecular complexity index is 827. The van der Waals surface area contributed by atoms with Crippen LogP contribution < -0.4 is 0 Å². The number of hydrogen-bond donors (Lipinski definition) is 0. The molecule has 0 saturated heterocycles. The fourth-order valence-electron chi connectivity index (χ4n) is 3.07. The van der Waals surface area contributed by atoms with Crippen LogP contribution in [0.2, 0.25) is 0 Å². The molecule has 0 spiro atoms. The van der Waals surface area contributed by atoms with Crippen LogP contribution >= 0.6 is 0 Å². The van der Waals surface area contributed by atoms with E-state index in [-0.39, 0.29) is 0 Å². The molecule has 0 atom stereocenters. The highest BCUT2D eigenvalue weighted by Crippen LogP contribution is 2.21. The molecule has 24 heavy (non-hydrogen) atoms. The molecule has 0 bridgehead atoms. The SMILES string of the molecule is CCn1cc(CN2CCc3nc(-c4ccncc4)ncc3C2)cn1. The minimum atomic E-state index is 0.786. The van der Waals surface area contributed by atoms with E-state index in [2.05, 4.69) is 33.1 Å². The van der Waals surface area contributed by atoms with Crippen molar-refractivity contribution in [1.82, 2.24) is 29.6 Å². The summed E-state index contributed by atoms with van der Waals surface area (Å²) in [5, 5.41) is 4.35. The summed E-state index contributed by atoms with van der Waals surface area (Å²) < 4.78 is 1.97. The van der Waals surface area contributed by atoms with E-state index in [1.54, 1.807) is 12.4 Å². The van der Waals surface area contributed by atoms with Crippen molar-refractivity contribution in [2.45, 2.75) is 33.0 Å². The minimum absolute atomic E-state index is 0.786. The van der Waals surface area contributed by atoms with Crippen molar-refractivity contribution in [2.75, 3.05) is 6.54 Å². The zero-order valence-electron chi connectivity index (χ0n) is 13.8. The van der Waals surface area contributed by atoms with Crippen molar-refractivity contribution < 1.29 is 0 Å². The van der Waals surface area contributed by atoms with Crippen molar-refractivity contribution in [3.63, 3.8) is 0 Å². The Kier molecular flexibility index (Phi) is 4.04. The molecule has 3 aromatic rings. The number of aryl methyl sites for hydroxylation is 1. The van der Waals surface area contributed by atoms with Crippen molar-refractivity contribution >= 4 is 0 Å². The summed E-state index contributed by atoms with van der Waals surface area (Å²) in [6.45, 7) is 5.84. The van der Waals surface area contributed by atoms with Crippen LogP contribution in [0.25, 0.3) is 11.4 Å². The predicted molar refractivity (Wildman–Crippen MR) is 91.0 cm³/mol. The van der Waals surface area contributed by atoms with Gasteiger partial charge in [0.15, 0.2) is 5.82 Å². The first-order valence-corrected chi connectivity index (χ1v) is 8.30. The molecule has 0 saturated carbocycles. The second-order valence-electron chi connectivity index (χ2n) is 6.07. The molecule has 4 heterocycles. The van der Waals surface area contributed by atoms with Gasteiger partial charge in [0.05, 0.1) is 11.9 Å². The Morgan fingerprint density at radius 2 is 2.04 bits per heavy atom. The number of hydrogen-bond acceptors (Lipinski definition) is 5. The molecule has 122 valence electrons. The van der Waals surface area contributed by atoms with Crippen LogP contribution in [0.5, 0.6) is 0 Å². The van der Waals surface area contributed by atoms with Gasteiger partial charge in [-0.15, -0.1) is 0 Å². The summed E-state index contributed by atoms with van der Waals surface area (Å²) in [6, 6.07) is 3.89. The van der Waals surface area contributed by atoms with Crippen LogP contribution in [0.4, 0.5) is 0 Å². The van der Waals surface area contributed by atoms with Crippen LogP contribution in [-0.4, -0.2) is 36.2 Å². The maximum atomic E-state index is 4.76. The van der Waals surface area contributed by atoms with Gasteiger partial charge in [-0.05, 0) is 19.1 Å². The molecule has 0 amide bonds. The first-order valence-electron chi connectivity index (χ1n) is 8.30. The van der Waals surface area contributed by atoms with Gasteiger partial charge in [-0.1, -0.05) is 0 Å². The number of nitrogens with zero attached hydrogens (tertiary/aromatic N) is 6. The zero-order chi connectivity index (χ0) is 16.4. The fourth-order valence-corrected chi connectivity index (χ4v) is 3.07. The molecule has 0 unspecified atom stereocenters. The molecule has 6 nitrogen and oxygen atoms in total. The van der Waals surface area contributed by atoms with Gasteiger partial charge in [0.1, 0.15) is 0 Å². The fraction of sp³-hybridized carbons (Fsp3) is 0.333. The Morgan fingerprint density at radius 3 is 2.83 bits per heavy atom. The summed E-state index contributed by atoms with van der Waals surface area (Å²) in [5.74, 6) is 0.786. The van der Waals surface area contributed by atoms with Crippen molar-refractivity contribution in [2.24, 2.45) is 0 Å². The average Bonchev–Trinajstić information content (AvgIpc) is 3.09. The third-order valence-corrected chi connectivity index (χ3v) is 4.37. The molecule has 1 aliphatic heterocycles. The van der Waals surface area contributed by atoms with E-state index in [0.717, 1.165) is 49.7 Å². The molecular weight excluding hydrogens is 300 g/mol. The van der Waals surface area contributed by atoms with Crippen LogP contribution in [0.15, 0.2) is 43.1 Å². The summed E-state index contributed by atoms with van der Waals surface area (Å²) >= 11 is 0. The molecule has 0 aliphatic carbocycles. The average molecular weight is 320 g/mol. The first-order chi connectivity index (χ1) is 11.8. The summed E-state index contributed by atoms with van der Waals surface area (Å²) in [4.78, 5) is 15.8. The standard InChI is InChI=1S/C18H20N6/c1-2-24-12-14(9-21-24)11-23-8-5-17-16(13-23)10-20-18(22-17)15-3-6-19-7-4-15/h3-4,6-7,9-10,12H,2,5,8,11,13H2,1H3. The molecule has 1 aliphatic rings. The van der Waals surface area contributed by atoms with E-state index < -0.39 is 0 Å². The van der Waals surface area contributed by atoms with E-state index in [1.165, 1.54) is 11.1 Å². The van der Waals surface area contributed by atoms with Crippen LogP contribution in [-0.2, 0) is 26.1 Å². The number of pyridine rings is 1. The van der Waals surface area contributed by atoms with Crippen molar-refractivity contribution in [3.8, 4) is 11.4 Å². The van der Waals surface area contributed by atoms with E-state index >= 15 is 0 Å². The second-order valence-corrected chi connectivity index (χ2v) is 6.07. The maximum Gasteiger partial charge on any atom is 0.159 e. The van der Waals surface area contributed by atoms with Gasteiger partial charge in [0, 0.05) is 74.1 Å². The Morgan fingerprint density at radius 1 is 1.17 bits per heavy atom. The van der Waals surface area contributed by atoms with E-state index in [1.807, 2.05) is 29.2 Å². The minimum Gasteiger partial charge on any atom is -0.294 e. The van der Waals surface area contributed by atoms with Gasteiger partial charge in [0.25, 0.3) is 0 Å². The third kappa shape index (κ3) is 3.05. The highest BCUT2D eigenvalue weighted by atomic mass is 15.3. The first kappa shape index (κ1) is 15.0. The zero-order valence-corrected chi connectivity index (χ0v) is 13.8. The number of aromatic nitrogens is 5. The number of rotatable bonds is 4. The van der Waals surface area contributed by atoms with Crippen molar-refractivity contribution in [3.05, 3.63) is 59.9 Å². The van der Waals surface area contributed by atoms with Gasteiger partial charge < -0.3 is 0 Å². The molecule has 4 rings (SSSR count). The van der Waals surface area contributed by atoms with E-state index in [0.29, 0.717) is 0 Å². The Labute approximate surface area is 141 Å².